The third-order valence-electron chi connectivity index (χ3n) is 12.4. The van der Waals surface area contributed by atoms with Gasteiger partial charge in [0.2, 0.25) is 5.91 Å². The number of cyclic esters (lactones) is 1. The lowest BCUT2D eigenvalue weighted by molar-refractivity contribution is -0.255. The molecule has 392 valence electrons. The summed E-state index contributed by atoms with van der Waals surface area (Å²) in [5, 5.41) is 109. The highest BCUT2D eigenvalue weighted by Crippen LogP contribution is 2.32. The van der Waals surface area contributed by atoms with Crippen LogP contribution in [0.3, 0.4) is 0 Å². The fraction of sp³-hybridized carbons (Fsp3) is 0.686. The van der Waals surface area contributed by atoms with Crippen LogP contribution in [0.15, 0.2) is 85.1 Å². The summed E-state index contributed by atoms with van der Waals surface area (Å²) in [5.41, 5.74) is 6.04. The Labute approximate surface area is 407 Å². The van der Waals surface area contributed by atoms with Gasteiger partial charge in [-0.3, -0.25) is 9.59 Å². The van der Waals surface area contributed by atoms with Crippen LogP contribution in [-0.2, 0) is 28.5 Å². The molecule has 18 nitrogen and oxygen atoms in total. The highest BCUT2D eigenvalue weighted by molar-refractivity contribution is 5.80. The average molecular weight is 979 g/mol. The molecular formula is C51H82N2O16. The van der Waals surface area contributed by atoms with Gasteiger partial charge in [0, 0.05) is 44.9 Å². The van der Waals surface area contributed by atoms with E-state index in [1.165, 1.54) is 0 Å². The SMILES string of the molecule is C[C@H]1C[C@H](O)[C@@H](C)/C=C/C=C/C=C/C=C/C=C/C=C/C=C/C(O[C@@H]2OC[C@@H](O)[C@H](N)[C@@H]2O)C[C@@H]([C@H](C(=O)NCCC2CC2)[C@@H](O)CCO)OCCC(O)CC(O)C(O)CCC(O)C[C@@H](O)CC(=O)O1. The molecule has 1 amide bonds. The van der Waals surface area contributed by atoms with Crippen LogP contribution in [-0.4, -0.2) is 175 Å². The molecule has 69 heavy (non-hydrogen) atoms. The highest BCUT2D eigenvalue weighted by atomic mass is 16.7. The molecule has 0 aromatic rings. The topological polar surface area (TPSA) is 311 Å². The van der Waals surface area contributed by atoms with E-state index in [0.717, 1.165) is 19.3 Å². The van der Waals surface area contributed by atoms with Crippen LogP contribution >= 0.6 is 0 Å². The summed E-state index contributed by atoms with van der Waals surface area (Å²) in [7, 11) is 0. The molecule has 0 radical (unpaired) electrons. The Bertz CT molecular complexity index is 1670. The van der Waals surface area contributed by atoms with Gasteiger partial charge in [0.05, 0.1) is 86.0 Å². The normalized spacial score (nSPS) is 38.2. The van der Waals surface area contributed by atoms with E-state index in [4.69, 9.17) is 24.7 Å². The second-order valence-electron chi connectivity index (χ2n) is 18.6. The number of rotatable bonds is 10. The molecular weight excluding hydrogens is 897 g/mol. The van der Waals surface area contributed by atoms with Crippen molar-refractivity contribution in [2.45, 2.75) is 176 Å². The Morgan fingerprint density at radius 3 is 1.96 bits per heavy atom. The predicted molar refractivity (Wildman–Crippen MR) is 258 cm³/mol. The number of carbonyl (C=O) groups excluding carboxylic acids is 2. The second kappa shape index (κ2) is 33.3. The van der Waals surface area contributed by atoms with Crippen molar-refractivity contribution in [1.29, 1.82) is 0 Å². The van der Waals surface area contributed by atoms with Gasteiger partial charge in [0.25, 0.3) is 0 Å². The molecule has 2 aliphatic heterocycles. The van der Waals surface area contributed by atoms with E-state index in [-0.39, 0.29) is 70.5 Å². The van der Waals surface area contributed by atoms with Gasteiger partial charge in [0.1, 0.15) is 12.2 Å². The van der Waals surface area contributed by atoms with Crippen LogP contribution in [0, 0.1) is 17.8 Å². The van der Waals surface area contributed by atoms with Gasteiger partial charge in [-0.1, -0.05) is 105 Å². The van der Waals surface area contributed by atoms with E-state index >= 15 is 0 Å². The quantitative estimate of drug-likeness (QED) is 0.137. The van der Waals surface area contributed by atoms with Crippen molar-refractivity contribution in [3.8, 4) is 0 Å². The molecule has 2 heterocycles. The number of carbonyl (C=O) groups is 2. The van der Waals surface area contributed by atoms with Crippen molar-refractivity contribution in [3.63, 3.8) is 0 Å². The van der Waals surface area contributed by atoms with Gasteiger partial charge in [-0.05, 0) is 51.4 Å². The number of allylic oxidation sites excluding steroid dienone is 12. The number of aliphatic hydroxyl groups is 10. The second-order valence-corrected chi connectivity index (χ2v) is 18.6. The highest BCUT2D eigenvalue weighted by Gasteiger charge is 2.41. The number of nitrogens with two attached hydrogens (primary N) is 1. The van der Waals surface area contributed by atoms with Crippen molar-refractivity contribution in [3.05, 3.63) is 85.1 Å². The largest absolute Gasteiger partial charge is 0.462 e. The van der Waals surface area contributed by atoms with E-state index in [9.17, 15) is 60.7 Å². The summed E-state index contributed by atoms with van der Waals surface area (Å²) in [6.45, 7) is 2.99. The van der Waals surface area contributed by atoms with E-state index < -0.39 is 116 Å². The summed E-state index contributed by atoms with van der Waals surface area (Å²) in [6, 6.07) is -1.08. The minimum absolute atomic E-state index is 0.0400. The van der Waals surface area contributed by atoms with Gasteiger partial charge in [-0.2, -0.15) is 0 Å². The first kappa shape index (κ1) is 59.9. The summed E-state index contributed by atoms with van der Waals surface area (Å²) in [6.07, 6.45) is 11.5. The molecule has 18 heteroatoms. The van der Waals surface area contributed by atoms with E-state index in [1.54, 1.807) is 49.5 Å². The van der Waals surface area contributed by atoms with Crippen LogP contribution in [0.2, 0.25) is 0 Å². The lowest BCUT2D eigenvalue weighted by atomic mass is 9.88. The minimum atomic E-state index is -1.43. The lowest BCUT2D eigenvalue weighted by Crippen LogP contribution is -2.58. The molecule has 16 atom stereocenters. The Hall–Kier alpha value is -3.44. The Kier molecular flexibility index (Phi) is 28.9. The maximum Gasteiger partial charge on any atom is 0.308 e. The standard InChI is InChI=1S/C51H82N2O16/c1-33-15-13-11-9-7-5-3-4-6-8-10-12-14-16-39(69-51-49(64)48(52)44(62)32-67-51)31-45(47(41(59)22-25-54)50(65)53-24-21-35-17-18-35)66-26-23-37(56)29-43(61)40(58)20-19-36(55)28-38(57)30-46(63)68-34(2)27-42(33)60/h3-16,33-45,47-49,51,54-62,64H,17-32,52H2,1-2H3,(H,53,65)/b4-3+,7-5+,8-6+,11-9+,12-10+,15-13+,16-14+/t33-,34-,36?,37?,38+,39?,40?,41-,42-,43?,44+,45-,47+,48-,49-,51-/m0/s1. The molecule has 2 fully saturated rings. The number of ether oxygens (including phenoxy) is 4. The molecule has 3 aliphatic rings. The fourth-order valence-corrected chi connectivity index (χ4v) is 7.90. The van der Waals surface area contributed by atoms with Crippen LogP contribution in [0.1, 0.15) is 90.9 Å². The first-order valence-electron chi connectivity index (χ1n) is 24.5. The van der Waals surface area contributed by atoms with Crippen molar-refractivity contribution in [2.75, 3.05) is 26.4 Å². The Morgan fingerprint density at radius 1 is 0.725 bits per heavy atom. The van der Waals surface area contributed by atoms with Crippen LogP contribution in [0.25, 0.3) is 0 Å². The maximum absolute atomic E-state index is 13.9. The van der Waals surface area contributed by atoms with Crippen LogP contribution in [0.4, 0.5) is 0 Å². The zero-order valence-electron chi connectivity index (χ0n) is 40.2. The molecule has 1 aliphatic carbocycles. The van der Waals surface area contributed by atoms with Gasteiger partial charge >= 0.3 is 5.97 Å². The minimum Gasteiger partial charge on any atom is -0.462 e. The third kappa shape index (κ3) is 24.5. The maximum atomic E-state index is 13.9. The van der Waals surface area contributed by atoms with E-state index in [2.05, 4.69) is 5.32 Å². The summed E-state index contributed by atoms with van der Waals surface area (Å²) >= 11 is 0. The summed E-state index contributed by atoms with van der Waals surface area (Å²) in [5.74, 6) is -2.21. The molecule has 1 saturated carbocycles. The van der Waals surface area contributed by atoms with Crippen LogP contribution < -0.4 is 11.1 Å². The van der Waals surface area contributed by atoms with Crippen molar-refractivity contribution in [1.82, 2.24) is 5.32 Å². The molecule has 0 aromatic carbocycles. The summed E-state index contributed by atoms with van der Waals surface area (Å²) in [4.78, 5) is 26.4. The van der Waals surface area contributed by atoms with Gasteiger partial charge < -0.3 is 81.1 Å². The van der Waals surface area contributed by atoms with Gasteiger partial charge in [-0.15, -0.1) is 0 Å². The predicted octanol–water partition coefficient (Wildman–Crippen LogP) is 1.20. The smallest absolute Gasteiger partial charge is 0.308 e. The first-order chi connectivity index (χ1) is 33.0. The molecule has 1 saturated heterocycles. The van der Waals surface area contributed by atoms with Gasteiger partial charge in [-0.25, -0.2) is 0 Å². The Morgan fingerprint density at radius 2 is 1.33 bits per heavy atom. The number of nitrogens with one attached hydrogen (secondary N) is 1. The monoisotopic (exact) mass is 979 g/mol. The number of hydrogen-bond acceptors (Lipinski definition) is 17. The molecule has 0 aromatic heterocycles. The number of aliphatic hydroxyl groups excluding tert-OH is 10. The van der Waals surface area contributed by atoms with Crippen molar-refractivity contribution < 1.29 is 79.6 Å². The van der Waals surface area contributed by atoms with Crippen molar-refractivity contribution >= 4 is 11.9 Å². The summed E-state index contributed by atoms with van der Waals surface area (Å²) < 4.78 is 23.5. The Balaban J connectivity index is 1.88. The van der Waals surface area contributed by atoms with Crippen molar-refractivity contribution in [2.24, 2.45) is 23.5 Å². The third-order valence-corrected chi connectivity index (χ3v) is 12.4. The van der Waals surface area contributed by atoms with E-state index in [1.807, 2.05) is 49.5 Å². The fourth-order valence-electron chi connectivity index (χ4n) is 7.90. The van der Waals surface area contributed by atoms with E-state index in [0.29, 0.717) is 12.5 Å². The number of amides is 1. The zero-order valence-corrected chi connectivity index (χ0v) is 40.2. The first-order valence-corrected chi connectivity index (χ1v) is 24.5. The molecule has 0 spiro atoms. The van der Waals surface area contributed by atoms with Crippen LogP contribution in [0.5, 0.6) is 0 Å². The van der Waals surface area contributed by atoms with Gasteiger partial charge in [0.15, 0.2) is 6.29 Å². The number of esters is 1. The molecule has 5 unspecified atom stereocenters. The number of hydrogen-bond donors (Lipinski definition) is 12. The molecule has 3 rings (SSSR count). The molecule has 13 N–H and O–H groups in total. The lowest BCUT2D eigenvalue weighted by Gasteiger charge is -2.38. The average Bonchev–Trinajstić information content (AvgIpc) is 4.12. The zero-order chi connectivity index (χ0) is 50.7. The molecule has 0 bridgehead atoms.